The van der Waals surface area contributed by atoms with Crippen molar-refractivity contribution in [3.8, 4) is 11.1 Å². The quantitative estimate of drug-likeness (QED) is 0.572. The molecular formula is C26H32O4. The van der Waals surface area contributed by atoms with Gasteiger partial charge in [0.05, 0.1) is 6.42 Å². The number of carbonyl (C=O) groups excluding carboxylic acids is 2. The molecule has 1 saturated carbocycles. The predicted octanol–water partition coefficient (Wildman–Crippen LogP) is 5.44. The second-order valence-electron chi connectivity index (χ2n) is 8.75. The van der Waals surface area contributed by atoms with Crippen LogP contribution in [0.15, 0.2) is 54.6 Å². The molecule has 0 aliphatic heterocycles. The zero-order chi connectivity index (χ0) is 21.5. The summed E-state index contributed by atoms with van der Waals surface area (Å²) in [4.78, 5) is 24.4. The number of benzene rings is 2. The van der Waals surface area contributed by atoms with Gasteiger partial charge in [-0.15, -0.1) is 0 Å². The Morgan fingerprint density at radius 2 is 1.60 bits per heavy atom. The summed E-state index contributed by atoms with van der Waals surface area (Å²) in [6, 6.07) is 17.9. The van der Waals surface area contributed by atoms with E-state index in [1.807, 2.05) is 54.6 Å². The van der Waals surface area contributed by atoms with E-state index in [1.54, 1.807) is 0 Å². The third-order valence-corrected chi connectivity index (χ3v) is 6.00. The van der Waals surface area contributed by atoms with Gasteiger partial charge >= 0.3 is 11.9 Å². The summed E-state index contributed by atoms with van der Waals surface area (Å²) in [7, 11) is 0. The van der Waals surface area contributed by atoms with Crippen molar-refractivity contribution in [1.29, 1.82) is 0 Å². The lowest BCUT2D eigenvalue weighted by Gasteiger charge is -2.36. The fourth-order valence-electron chi connectivity index (χ4n) is 4.26. The first-order chi connectivity index (χ1) is 14.4. The van der Waals surface area contributed by atoms with Crippen molar-refractivity contribution in [3.63, 3.8) is 0 Å². The zero-order valence-corrected chi connectivity index (χ0v) is 18.2. The fraction of sp³-hybridized carbons (Fsp3) is 0.462. The van der Waals surface area contributed by atoms with Crippen molar-refractivity contribution in [2.24, 2.45) is 17.8 Å². The summed E-state index contributed by atoms with van der Waals surface area (Å²) in [6.45, 7) is 6.21. The van der Waals surface area contributed by atoms with Crippen LogP contribution < -0.4 is 0 Å². The van der Waals surface area contributed by atoms with Crippen molar-refractivity contribution in [3.05, 3.63) is 60.2 Å². The van der Waals surface area contributed by atoms with Crippen LogP contribution in [0.5, 0.6) is 0 Å². The van der Waals surface area contributed by atoms with Crippen molar-refractivity contribution >= 4 is 11.9 Å². The molecule has 2 aromatic carbocycles. The van der Waals surface area contributed by atoms with E-state index in [0.717, 1.165) is 29.5 Å². The molecule has 0 amide bonds. The SMILES string of the molecule is CC(C)[C@H]1CC[C@H](C)C[C@H]1OC(=O)COC(=O)Cc1ccc(-c2ccccc2)cc1. The second kappa shape index (κ2) is 10.4. The molecule has 0 bridgehead atoms. The van der Waals surface area contributed by atoms with Crippen molar-refractivity contribution in [2.75, 3.05) is 6.61 Å². The van der Waals surface area contributed by atoms with Gasteiger partial charge in [0.2, 0.25) is 0 Å². The molecule has 0 heterocycles. The molecule has 1 aliphatic carbocycles. The lowest BCUT2D eigenvalue weighted by molar-refractivity contribution is -0.166. The van der Waals surface area contributed by atoms with E-state index >= 15 is 0 Å². The highest BCUT2D eigenvalue weighted by atomic mass is 16.6. The molecule has 160 valence electrons. The van der Waals surface area contributed by atoms with Crippen LogP contribution in [0.3, 0.4) is 0 Å². The lowest BCUT2D eigenvalue weighted by Crippen LogP contribution is -2.36. The van der Waals surface area contributed by atoms with Crippen LogP contribution in [0, 0.1) is 17.8 Å². The summed E-state index contributed by atoms with van der Waals surface area (Å²) < 4.78 is 10.9. The average molecular weight is 409 g/mol. The number of hydrogen-bond donors (Lipinski definition) is 0. The van der Waals surface area contributed by atoms with Gasteiger partial charge in [-0.1, -0.05) is 81.8 Å². The van der Waals surface area contributed by atoms with Crippen molar-refractivity contribution in [1.82, 2.24) is 0 Å². The molecular weight excluding hydrogens is 376 g/mol. The molecule has 30 heavy (non-hydrogen) atoms. The summed E-state index contributed by atoms with van der Waals surface area (Å²) in [6.07, 6.45) is 3.20. The molecule has 3 atom stereocenters. The van der Waals surface area contributed by atoms with Gasteiger partial charge in [-0.2, -0.15) is 0 Å². The van der Waals surface area contributed by atoms with Gasteiger partial charge in [0.1, 0.15) is 6.10 Å². The van der Waals surface area contributed by atoms with Crippen molar-refractivity contribution < 1.29 is 19.1 Å². The van der Waals surface area contributed by atoms with Gasteiger partial charge in [-0.05, 0) is 47.3 Å². The minimum Gasteiger partial charge on any atom is -0.460 e. The summed E-state index contributed by atoms with van der Waals surface area (Å²) in [5.74, 6) is 0.532. The number of ether oxygens (including phenoxy) is 2. The van der Waals surface area contributed by atoms with Gasteiger partial charge in [0.15, 0.2) is 6.61 Å². The predicted molar refractivity (Wildman–Crippen MR) is 118 cm³/mol. The highest BCUT2D eigenvalue weighted by molar-refractivity contribution is 5.78. The molecule has 4 heteroatoms. The van der Waals surface area contributed by atoms with Gasteiger partial charge in [0, 0.05) is 0 Å². The van der Waals surface area contributed by atoms with Gasteiger partial charge in [0.25, 0.3) is 0 Å². The number of esters is 2. The topological polar surface area (TPSA) is 52.6 Å². The van der Waals surface area contributed by atoms with E-state index in [4.69, 9.17) is 9.47 Å². The third-order valence-electron chi connectivity index (χ3n) is 6.00. The Morgan fingerprint density at radius 1 is 0.933 bits per heavy atom. The average Bonchev–Trinajstić information content (AvgIpc) is 2.73. The fourth-order valence-corrected chi connectivity index (χ4v) is 4.26. The van der Waals surface area contributed by atoms with E-state index in [9.17, 15) is 9.59 Å². The molecule has 0 saturated heterocycles. The first kappa shape index (κ1) is 22.1. The minimum atomic E-state index is -0.451. The van der Waals surface area contributed by atoms with Gasteiger partial charge in [-0.25, -0.2) is 4.79 Å². The molecule has 1 fully saturated rings. The highest BCUT2D eigenvalue weighted by Gasteiger charge is 2.33. The Balaban J connectivity index is 1.46. The van der Waals surface area contributed by atoms with Crippen LogP contribution in [-0.4, -0.2) is 24.6 Å². The Bertz CT molecular complexity index is 826. The minimum absolute atomic E-state index is 0.0783. The van der Waals surface area contributed by atoms with E-state index in [-0.39, 0.29) is 19.1 Å². The zero-order valence-electron chi connectivity index (χ0n) is 18.2. The Hall–Kier alpha value is -2.62. The Labute approximate surface area is 179 Å². The van der Waals surface area contributed by atoms with Crippen molar-refractivity contribution in [2.45, 2.75) is 52.6 Å². The molecule has 2 aromatic rings. The lowest BCUT2D eigenvalue weighted by atomic mass is 9.75. The van der Waals surface area contributed by atoms with Crippen LogP contribution in [0.1, 0.15) is 45.6 Å². The number of hydrogen-bond acceptors (Lipinski definition) is 4. The standard InChI is InChI=1S/C26H32O4/c1-18(2)23-14-9-19(3)15-24(23)30-26(28)17-29-25(27)16-20-10-12-22(13-11-20)21-7-5-4-6-8-21/h4-8,10-13,18-19,23-24H,9,14-17H2,1-3H3/t19-,23+,24+/m0/s1. The van der Waals surface area contributed by atoms with Gasteiger partial charge < -0.3 is 9.47 Å². The molecule has 1 aliphatic rings. The monoisotopic (exact) mass is 408 g/mol. The smallest absolute Gasteiger partial charge is 0.344 e. The Morgan fingerprint density at radius 3 is 2.27 bits per heavy atom. The molecule has 0 unspecified atom stereocenters. The number of rotatable bonds is 7. The normalized spacial score (nSPS) is 21.3. The van der Waals surface area contributed by atoms with E-state index in [2.05, 4.69) is 20.8 Å². The van der Waals surface area contributed by atoms with E-state index < -0.39 is 11.9 Å². The summed E-state index contributed by atoms with van der Waals surface area (Å²) >= 11 is 0. The number of carbonyl (C=O) groups is 2. The maximum atomic E-state index is 12.2. The molecule has 0 N–H and O–H groups in total. The first-order valence-electron chi connectivity index (χ1n) is 10.9. The Kier molecular flexibility index (Phi) is 7.67. The van der Waals surface area contributed by atoms with E-state index in [0.29, 0.717) is 17.8 Å². The van der Waals surface area contributed by atoms with Gasteiger partial charge in [-0.3, -0.25) is 4.79 Å². The molecule has 0 radical (unpaired) electrons. The maximum Gasteiger partial charge on any atom is 0.344 e. The molecule has 0 aromatic heterocycles. The molecule has 0 spiro atoms. The molecule has 4 nitrogen and oxygen atoms in total. The van der Waals surface area contributed by atoms with E-state index in [1.165, 1.54) is 6.42 Å². The van der Waals surface area contributed by atoms with Crippen LogP contribution in [0.4, 0.5) is 0 Å². The molecule has 3 rings (SSSR count). The van der Waals surface area contributed by atoms with Crippen LogP contribution >= 0.6 is 0 Å². The third kappa shape index (κ3) is 6.19. The summed E-state index contributed by atoms with van der Waals surface area (Å²) in [5.41, 5.74) is 3.08. The first-order valence-corrected chi connectivity index (χ1v) is 10.9. The van der Waals surface area contributed by atoms with Crippen LogP contribution in [0.2, 0.25) is 0 Å². The van der Waals surface area contributed by atoms with Crippen LogP contribution in [-0.2, 0) is 25.5 Å². The largest absolute Gasteiger partial charge is 0.460 e. The van der Waals surface area contributed by atoms with Crippen LogP contribution in [0.25, 0.3) is 11.1 Å². The maximum absolute atomic E-state index is 12.2. The summed E-state index contributed by atoms with van der Waals surface area (Å²) in [5, 5.41) is 0. The second-order valence-corrected chi connectivity index (χ2v) is 8.75. The highest BCUT2D eigenvalue weighted by Crippen LogP contribution is 2.35.